The van der Waals surface area contributed by atoms with Crippen molar-refractivity contribution in [1.82, 2.24) is 10.2 Å². The molecule has 0 aliphatic carbocycles. The van der Waals surface area contributed by atoms with Crippen LogP contribution in [-0.2, 0) is 6.42 Å². The molecular weight excluding hydrogens is 354 g/mol. The second-order valence-electron chi connectivity index (χ2n) is 5.94. The molecule has 3 nitrogen and oxygen atoms in total. The number of Topliss-reactive ketones (excluding diaryl/α,β-unsaturated/α-hetero) is 1. The molecule has 0 saturated heterocycles. The molecule has 0 spiro atoms. The first-order chi connectivity index (χ1) is 12.6. The molecule has 2 aromatic carbocycles. The van der Waals surface area contributed by atoms with Gasteiger partial charge >= 0.3 is 0 Å². The fourth-order valence-electron chi connectivity index (χ4n) is 2.91. The van der Waals surface area contributed by atoms with Gasteiger partial charge in [0.05, 0.1) is 10.4 Å². The molecule has 0 bridgehead atoms. The third-order valence-corrected chi connectivity index (χ3v) is 5.23. The predicted molar refractivity (Wildman–Crippen MR) is 98.4 cm³/mol. The number of rotatable bonds is 5. The molecule has 0 unspecified atom stereocenters. The Labute approximate surface area is 152 Å². The second-order valence-corrected chi connectivity index (χ2v) is 6.85. The maximum Gasteiger partial charge on any atom is 0.164 e. The largest absolute Gasteiger partial charge is 0.294 e. The number of aromatic amines is 1. The van der Waals surface area contributed by atoms with E-state index in [1.165, 1.54) is 29.5 Å². The van der Waals surface area contributed by atoms with E-state index in [1.807, 2.05) is 24.3 Å². The van der Waals surface area contributed by atoms with Gasteiger partial charge < -0.3 is 0 Å². The molecule has 130 valence electrons. The molecule has 0 aliphatic rings. The Bertz CT molecular complexity index is 1080. The Hall–Kier alpha value is -2.86. The summed E-state index contributed by atoms with van der Waals surface area (Å²) in [6, 6.07) is 13.3. The van der Waals surface area contributed by atoms with Gasteiger partial charge in [-0.3, -0.25) is 9.89 Å². The van der Waals surface area contributed by atoms with Crippen molar-refractivity contribution in [2.24, 2.45) is 0 Å². The molecule has 2 aromatic heterocycles. The van der Waals surface area contributed by atoms with Crippen molar-refractivity contribution in [3.05, 3.63) is 76.7 Å². The van der Waals surface area contributed by atoms with Gasteiger partial charge in [-0.25, -0.2) is 8.78 Å². The average Bonchev–Trinajstić information content (AvgIpc) is 3.28. The zero-order valence-corrected chi connectivity index (χ0v) is 14.4. The van der Waals surface area contributed by atoms with Crippen LogP contribution in [0.5, 0.6) is 0 Å². The van der Waals surface area contributed by atoms with Crippen LogP contribution in [0.15, 0.2) is 53.9 Å². The number of thiophene rings is 1. The Morgan fingerprint density at radius 2 is 1.85 bits per heavy atom. The Balaban J connectivity index is 1.53. The minimum Gasteiger partial charge on any atom is -0.294 e. The summed E-state index contributed by atoms with van der Waals surface area (Å²) >= 11 is 1.43. The van der Waals surface area contributed by atoms with E-state index < -0.39 is 11.6 Å². The Kier molecular flexibility index (Phi) is 4.34. The molecule has 0 fully saturated rings. The number of fused-ring (bicyclic) bond motifs is 1. The smallest absolute Gasteiger partial charge is 0.164 e. The summed E-state index contributed by atoms with van der Waals surface area (Å²) in [5.41, 5.74) is 2.21. The van der Waals surface area contributed by atoms with Crippen LogP contribution in [-0.4, -0.2) is 16.0 Å². The van der Waals surface area contributed by atoms with Crippen molar-refractivity contribution in [2.45, 2.75) is 12.8 Å². The normalized spacial score (nSPS) is 11.2. The van der Waals surface area contributed by atoms with Gasteiger partial charge in [0.15, 0.2) is 5.78 Å². The van der Waals surface area contributed by atoms with Gasteiger partial charge in [-0.05, 0) is 30.7 Å². The molecule has 0 radical (unpaired) electrons. The molecule has 26 heavy (non-hydrogen) atoms. The number of nitrogens with one attached hydrogen (secondary N) is 1. The molecule has 6 heteroatoms. The van der Waals surface area contributed by atoms with Crippen LogP contribution >= 0.6 is 11.3 Å². The molecule has 0 amide bonds. The summed E-state index contributed by atoms with van der Waals surface area (Å²) in [6.07, 6.45) is 0.0865. The topological polar surface area (TPSA) is 45.8 Å². The zero-order valence-electron chi connectivity index (χ0n) is 13.6. The highest BCUT2D eigenvalue weighted by Gasteiger charge is 2.16. The number of hydrogen-bond donors (Lipinski definition) is 1. The summed E-state index contributed by atoms with van der Waals surface area (Å²) in [4.78, 5) is 13.3. The second kappa shape index (κ2) is 6.80. The standard InChI is InChI=1S/C20H14F2N2OS/c21-15-5-3-6-16(22)13(15)8-9-18(25)12-10-19(26-11-12)20-14-4-1-2-7-17(14)23-24-20/h1-7,10-11H,8-9H2,(H,23,24). The van der Waals surface area contributed by atoms with Crippen molar-refractivity contribution < 1.29 is 13.6 Å². The lowest BCUT2D eigenvalue weighted by atomic mass is 10.0. The van der Waals surface area contributed by atoms with E-state index in [9.17, 15) is 13.6 Å². The van der Waals surface area contributed by atoms with Crippen LogP contribution < -0.4 is 0 Å². The van der Waals surface area contributed by atoms with Gasteiger partial charge in [0.2, 0.25) is 0 Å². The third-order valence-electron chi connectivity index (χ3n) is 4.29. The molecular formula is C20H14F2N2OS. The number of carbonyl (C=O) groups excluding carboxylic acids is 1. The monoisotopic (exact) mass is 368 g/mol. The molecule has 0 atom stereocenters. The van der Waals surface area contributed by atoms with Crippen LogP contribution in [0.4, 0.5) is 8.78 Å². The molecule has 4 aromatic rings. The minimum atomic E-state index is -0.619. The number of benzene rings is 2. The molecule has 2 heterocycles. The van der Waals surface area contributed by atoms with Crippen LogP contribution in [0, 0.1) is 11.6 Å². The van der Waals surface area contributed by atoms with Crippen LogP contribution in [0.2, 0.25) is 0 Å². The van der Waals surface area contributed by atoms with E-state index in [-0.39, 0.29) is 24.2 Å². The van der Waals surface area contributed by atoms with E-state index in [1.54, 1.807) is 11.4 Å². The molecule has 1 N–H and O–H groups in total. The van der Waals surface area contributed by atoms with E-state index in [0.717, 1.165) is 21.5 Å². The molecule has 0 saturated carbocycles. The fourth-order valence-corrected chi connectivity index (χ4v) is 3.83. The molecule has 4 rings (SSSR count). The van der Waals surface area contributed by atoms with Crippen molar-refractivity contribution in [3.63, 3.8) is 0 Å². The summed E-state index contributed by atoms with van der Waals surface area (Å²) in [5.74, 6) is -1.38. The maximum absolute atomic E-state index is 13.7. The van der Waals surface area contributed by atoms with Gasteiger partial charge in [0.25, 0.3) is 0 Å². The van der Waals surface area contributed by atoms with Crippen molar-refractivity contribution in [3.8, 4) is 10.6 Å². The van der Waals surface area contributed by atoms with Gasteiger partial charge in [0.1, 0.15) is 17.3 Å². The number of aromatic nitrogens is 2. The van der Waals surface area contributed by atoms with Crippen LogP contribution in [0.25, 0.3) is 21.5 Å². The van der Waals surface area contributed by atoms with E-state index in [4.69, 9.17) is 0 Å². The average molecular weight is 368 g/mol. The SMILES string of the molecule is O=C(CCc1c(F)cccc1F)c1csc(-c2n[nH]c3ccccc23)c1. The van der Waals surface area contributed by atoms with Crippen LogP contribution in [0.3, 0.4) is 0 Å². The fraction of sp³-hybridized carbons (Fsp3) is 0.100. The minimum absolute atomic E-state index is 0.0356. The van der Waals surface area contributed by atoms with Gasteiger partial charge in [-0.15, -0.1) is 11.3 Å². The zero-order chi connectivity index (χ0) is 18.1. The van der Waals surface area contributed by atoms with E-state index >= 15 is 0 Å². The first-order valence-electron chi connectivity index (χ1n) is 8.11. The quantitative estimate of drug-likeness (QED) is 0.480. The summed E-state index contributed by atoms with van der Waals surface area (Å²) in [6.45, 7) is 0. The number of hydrogen-bond acceptors (Lipinski definition) is 3. The van der Waals surface area contributed by atoms with Gasteiger partial charge in [0, 0.05) is 28.3 Å². The number of nitrogens with zero attached hydrogens (tertiary/aromatic N) is 1. The summed E-state index contributed by atoms with van der Waals surface area (Å²) in [5, 5.41) is 10.1. The number of ketones is 1. The highest BCUT2D eigenvalue weighted by molar-refractivity contribution is 7.14. The Morgan fingerprint density at radius 1 is 1.08 bits per heavy atom. The lowest BCUT2D eigenvalue weighted by molar-refractivity contribution is 0.0983. The van der Waals surface area contributed by atoms with Crippen LogP contribution in [0.1, 0.15) is 22.3 Å². The van der Waals surface area contributed by atoms with Gasteiger partial charge in [-0.2, -0.15) is 5.10 Å². The first-order valence-corrected chi connectivity index (χ1v) is 8.99. The van der Waals surface area contributed by atoms with Crippen molar-refractivity contribution >= 4 is 28.0 Å². The number of H-pyrrole nitrogens is 1. The summed E-state index contributed by atoms with van der Waals surface area (Å²) < 4.78 is 27.4. The third kappa shape index (κ3) is 3.04. The first kappa shape index (κ1) is 16.6. The lowest BCUT2D eigenvalue weighted by Crippen LogP contribution is -2.03. The lowest BCUT2D eigenvalue weighted by Gasteiger charge is -2.03. The maximum atomic E-state index is 13.7. The molecule has 0 aliphatic heterocycles. The predicted octanol–water partition coefficient (Wildman–Crippen LogP) is 5.39. The number of carbonyl (C=O) groups is 1. The summed E-state index contributed by atoms with van der Waals surface area (Å²) in [7, 11) is 0. The van der Waals surface area contributed by atoms with Crippen molar-refractivity contribution in [2.75, 3.05) is 0 Å². The van der Waals surface area contributed by atoms with E-state index in [2.05, 4.69) is 10.2 Å². The Morgan fingerprint density at radius 3 is 2.65 bits per heavy atom. The highest BCUT2D eigenvalue weighted by Crippen LogP contribution is 2.31. The number of halogens is 2. The highest BCUT2D eigenvalue weighted by atomic mass is 32.1. The van der Waals surface area contributed by atoms with Gasteiger partial charge in [-0.1, -0.05) is 24.3 Å². The number of para-hydroxylation sites is 1. The van der Waals surface area contributed by atoms with Crippen molar-refractivity contribution in [1.29, 1.82) is 0 Å². The van der Waals surface area contributed by atoms with E-state index in [0.29, 0.717) is 5.56 Å².